The first-order valence-electron chi connectivity index (χ1n) is 3.29. The molecule has 1 N–H and O–H groups in total. The minimum Gasteiger partial charge on any atom is -0.392 e. The zero-order valence-corrected chi connectivity index (χ0v) is 8.61. The molecule has 0 saturated carbocycles. The second-order valence-electron chi connectivity index (χ2n) is 2.24. The van der Waals surface area contributed by atoms with Gasteiger partial charge < -0.3 is 5.11 Å². The van der Waals surface area contributed by atoms with Gasteiger partial charge in [-0.1, -0.05) is 11.6 Å². The van der Waals surface area contributed by atoms with Crippen molar-refractivity contribution >= 4 is 27.5 Å². The van der Waals surface area contributed by atoms with Crippen LogP contribution in [0.25, 0.3) is 0 Å². The molecule has 1 aromatic heterocycles. The largest absolute Gasteiger partial charge is 0.392 e. The number of hydrogen-bond acceptors (Lipinski definition) is 2. The Balaban J connectivity index is 3.27. The van der Waals surface area contributed by atoms with Crippen LogP contribution in [-0.4, -0.2) is 10.1 Å². The Bertz CT molecular complexity index is 322. The van der Waals surface area contributed by atoms with Crippen molar-refractivity contribution in [1.29, 1.82) is 0 Å². The van der Waals surface area contributed by atoms with Gasteiger partial charge in [-0.05, 0) is 15.9 Å². The van der Waals surface area contributed by atoms with Gasteiger partial charge in [0.2, 0.25) is 0 Å². The number of halogens is 4. The van der Waals surface area contributed by atoms with Crippen molar-refractivity contribution in [1.82, 2.24) is 4.98 Å². The molecule has 1 heterocycles. The number of hydrogen-bond donors (Lipinski definition) is 1. The molecule has 1 rings (SSSR count). The molecule has 1 aromatic rings. The van der Waals surface area contributed by atoms with Crippen LogP contribution in [0.1, 0.15) is 17.7 Å². The van der Waals surface area contributed by atoms with Gasteiger partial charge in [-0.2, -0.15) is 0 Å². The van der Waals surface area contributed by atoms with Gasteiger partial charge in [-0.15, -0.1) is 0 Å². The smallest absolute Gasteiger partial charge is 0.281 e. The highest BCUT2D eigenvalue weighted by molar-refractivity contribution is 9.10. The summed E-state index contributed by atoms with van der Waals surface area (Å²) in [6, 6.07) is 0. The van der Waals surface area contributed by atoms with Crippen LogP contribution in [0.15, 0.2) is 10.7 Å². The zero-order chi connectivity index (χ0) is 10.0. The Labute approximate surface area is 86.7 Å². The second-order valence-corrected chi connectivity index (χ2v) is 3.48. The number of alkyl halides is 2. The van der Waals surface area contributed by atoms with E-state index in [9.17, 15) is 8.78 Å². The first kappa shape index (κ1) is 10.8. The summed E-state index contributed by atoms with van der Waals surface area (Å²) >= 11 is 8.62. The Hall–Kier alpha value is -0.260. The fraction of sp³-hybridized carbons (Fsp3) is 0.286. The lowest BCUT2D eigenvalue weighted by Gasteiger charge is -2.07. The third kappa shape index (κ3) is 2.15. The highest BCUT2D eigenvalue weighted by atomic mass is 79.9. The molecule has 0 bridgehead atoms. The van der Waals surface area contributed by atoms with Crippen LogP contribution in [0.4, 0.5) is 8.78 Å². The van der Waals surface area contributed by atoms with E-state index in [2.05, 4.69) is 20.9 Å². The molecular formula is C7H5BrClF2NO. The maximum atomic E-state index is 12.2. The summed E-state index contributed by atoms with van der Waals surface area (Å²) in [6.45, 7) is -0.401. The van der Waals surface area contributed by atoms with Crippen molar-refractivity contribution in [3.8, 4) is 0 Å². The van der Waals surface area contributed by atoms with Crippen LogP contribution in [0, 0.1) is 0 Å². The summed E-state index contributed by atoms with van der Waals surface area (Å²) in [5.74, 6) is 0. The third-order valence-electron chi connectivity index (χ3n) is 1.46. The summed E-state index contributed by atoms with van der Waals surface area (Å²) in [5, 5.41) is 8.63. The van der Waals surface area contributed by atoms with Crippen LogP contribution >= 0.6 is 27.5 Å². The highest BCUT2D eigenvalue weighted by Gasteiger charge is 2.17. The lowest BCUT2D eigenvalue weighted by atomic mass is 10.2. The summed E-state index contributed by atoms with van der Waals surface area (Å²) in [5.41, 5.74) is -0.277. The van der Waals surface area contributed by atoms with Crippen molar-refractivity contribution in [2.75, 3.05) is 0 Å². The molecule has 13 heavy (non-hydrogen) atoms. The molecule has 0 aromatic carbocycles. The van der Waals surface area contributed by atoms with Crippen LogP contribution in [0.5, 0.6) is 0 Å². The molecule has 0 unspecified atom stereocenters. The molecule has 0 aliphatic heterocycles. The number of aliphatic hydroxyl groups is 1. The second kappa shape index (κ2) is 4.30. The average molecular weight is 272 g/mol. The van der Waals surface area contributed by atoms with Crippen molar-refractivity contribution in [2.45, 2.75) is 13.0 Å². The van der Waals surface area contributed by atoms with Gasteiger partial charge in [-0.25, -0.2) is 8.78 Å². The van der Waals surface area contributed by atoms with Gasteiger partial charge in [0.25, 0.3) is 6.43 Å². The molecule has 0 atom stereocenters. The molecule has 0 aliphatic carbocycles. The summed E-state index contributed by atoms with van der Waals surface area (Å²) in [4.78, 5) is 3.45. The van der Waals surface area contributed by atoms with E-state index >= 15 is 0 Å². The average Bonchev–Trinajstić information content (AvgIpc) is 2.04. The van der Waals surface area contributed by atoms with Crippen molar-refractivity contribution in [3.63, 3.8) is 0 Å². The fourth-order valence-corrected chi connectivity index (χ4v) is 1.65. The Morgan fingerprint density at radius 2 is 2.23 bits per heavy atom. The van der Waals surface area contributed by atoms with Crippen LogP contribution in [0.2, 0.25) is 5.02 Å². The fourth-order valence-electron chi connectivity index (χ4n) is 0.817. The van der Waals surface area contributed by atoms with E-state index in [1.165, 1.54) is 6.20 Å². The molecule has 0 spiro atoms. The topological polar surface area (TPSA) is 33.1 Å². The number of aliphatic hydroxyl groups excluding tert-OH is 1. The van der Waals surface area contributed by atoms with Gasteiger partial charge >= 0.3 is 0 Å². The molecule has 2 nitrogen and oxygen atoms in total. The molecule has 0 aliphatic rings. The van der Waals surface area contributed by atoms with Crippen LogP contribution in [-0.2, 0) is 6.61 Å². The van der Waals surface area contributed by atoms with Crippen LogP contribution < -0.4 is 0 Å². The molecule has 6 heteroatoms. The normalized spacial score (nSPS) is 10.9. The van der Waals surface area contributed by atoms with Crippen molar-refractivity contribution in [2.24, 2.45) is 0 Å². The van der Waals surface area contributed by atoms with E-state index in [1.807, 2.05) is 0 Å². The van der Waals surface area contributed by atoms with Gasteiger partial charge in [0, 0.05) is 16.2 Å². The van der Waals surface area contributed by atoms with Gasteiger partial charge in [0.1, 0.15) is 5.69 Å². The summed E-state index contributed by atoms with van der Waals surface area (Å²) < 4.78 is 24.9. The molecular weight excluding hydrogens is 267 g/mol. The number of aromatic nitrogens is 1. The van der Waals surface area contributed by atoms with Gasteiger partial charge in [0.15, 0.2) is 0 Å². The quantitative estimate of drug-likeness (QED) is 0.898. The van der Waals surface area contributed by atoms with E-state index < -0.39 is 18.7 Å². The maximum Gasteiger partial charge on any atom is 0.281 e. The van der Waals surface area contributed by atoms with E-state index in [-0.39, 0.29) is 10.6 Å². The van der Waals surface area contributed by atoms with Crippen molar-refractivity contribution in [3.05, 3.63) is 26.9 Å². The lowest BCUT2D eigenvalue weighted by molar-refractivity contribution is 0.146. The van der Waals surface area contributed by atoms with Gasteiger partial charge in [-0.3, -0.25) is 4.98 Å². The molecule has 72 valence electrons. The Morgan fingerprint density at radius 1 is 1.62 bits per heavy atom. The first-order valence-corrected chi connectivity index (χ1v) is 4.46. The number of rotatable bonds is 2. The third-order valence-corrected chi connectivity index (χ3v) is 2.57. The SMILES string of the molecule is OCc1c(Br)cnc(C(F)F)c1Cl. The standard InChI is InChI=1S/C7H5BrClF2NO/c8-4-1-12-6(7(10)11)5(9)3(4)2-13/h1,7,13H,2H2. The van der Waals surface area contributed by atoms with E-state index in [1.54, 1.807) is 0 Å². The molecule has 0 radical (unpaired) electrons. The predicted octanol–water partition coefficient (Wildman–Crippen LogP) is 2.93. The van der Waals surface area contributed by atoms with E-state index in [0.29, 0.717) is 4.47 Å². The monoisotopic (exact) mass is 271 g/mol. The Kier molecular flexibility index (Phi) is 3.58. The zero-order valence-electron chi connectivity index (χ0n) is 6.27. The summed E-state index contributed by atoms with van der Waals surface area (Å²) in [6.07, 6.45) is -1.54. The number of nitrogens with zero attached hydrogens (tertiary/aromatic N) is 1. The Morgan fingerprint density at radius 3 is 2.69 bits per heavy atom. The molecule has 0 saturated heterocycles. The molecule has 0 fully saturated rings. The summed E-state index contributed by atoms with van der Waals surface area (Å²) in [7, 11) is 0. The highest BCUT2D eigenvalue weighted by Crippen LogP contribution is 2.31. The predicted molar refractivity (Wildman–Crippen MR) is 47.8 cm³/mol. The van der Waals surface area contributed by atoms with Crippen LogP contribution in [0.3, 0.4) is 0 Å². The molecule has 0 amide bonds. The van der Waals surface area contributed by atoms with E-state index in [0.717, 1.165) is 0 Å². The minimum atomic E-state index is -2.73. The van der Waals surface area contributed by atoms with Crippen molar-refractivity contribution < 1.29 is 13.9 Å². The maximum absolute atomic E-state index is 12.2. The first-order chi connectivity index (χ1) is 6.07. The van der Waals surface area contributed by atoms with E-state index in [4.69, 9.17) is 16.7 Å². The minimum absolute atomic E-state index is 0.188. The number of pyridine rings is 1. The lowest BCUT2D eigenvalue weighted by Crippen LogP contribution is -1.97. The van der Waals surface area contributed by atoms with Gasteiger partial charge in [0.05, 0.1) is 11.6 Å².